The summed E-state index contributed by atoms with van der Waals surface area (Å²) >= 11 is 3.16. The zero-order valence-corrected chi connectivity index (χ0v) is 5.58. The van der Waals surface area contributed by atoms with Crippen LogP contribution >= 0.6 is 15.9 Å². The van der Waals surface area contributed by atoms with Crippen LogP contribution in [0.5, 0.6) is 0 Å². The average Bonchev–Trinajstić information content (AvgIpc) is 1.35. The molecule has 0 aliphatic rings. The van der Waals surface area contributed by atoms with E-state index in [-0.39, 0.29) is 10.9 Å². The molecule has 0 aliphatic carbocycles. The quantitative estimate of drug-likeness (QED) is 0.508. The summed E-state index contributed by atoms with van der Waals surface area (Å²) < 4.78 is -0.201. The summed E-state index contributed by atoms with van der Waals surface area (Å²) in [7, 11) is 0. The molecule has 0 fully saturated rings. The number of rotatable bonds is 1. The van der Waals surface area contributed by atoms with Gasteiger partial charge in [0.25, 0.3) is 0 Å². The van der Waals surface area contributed by atoms with E-state index in [0.29, 0.717) is 0 Å². The molecule has 37 valence electrons. The lowest BCUT2D eigenvalue weighted by Gasteiger charge is -2.07. The molecule has 0 aromatic carbocycles. The molecule has 1 nitrogen and oxygen atoms in total. The molecule has 0 heterocycles. The smallest absolute Gasteiger partial charge is 0.0970 e. The van der Waals surface area contributed by atoms with E-state index in [1.165, 1.54) is 0 Å². The van der Waals surface area contributed by atoms with Gasteiger partial charge in [-0.15, -0.1) is 0 Å². The monoisotopic (exact) mass is 151 g/mol. The second-order valence-electron chi connectivity index (χ2n) is 1.86. The second kappa shape index (κ2) is 1.94. The van der Waals surface area contributed by atoms with Crippen molar-refractivity contribution in [3.8, 4) is 0 Å². The maximum absolute atomic E-state index is 9.90. The Balaban J connectivity index is 3.17. The molecule has 2 heteroatoms. The minimum absolute atomic E-state index is 0.0625. The van der Waals surface area contributed by atoms with Crippen LogP contribution in [0.3, 0.4) is 0 Å². The third kappa shape index (κ3) is 4.44. The number of hydrogen-bond acceptors (Lipinski definition) is 0. The highest BCUT2D eigenvalue weighted by Crippen LogP contribution is 2.12. The van der Waals surface area contributed by atoms with E-state index in [2.05, 4.69) is 15.9 Å². The molecule has 0 bridgehead atoms. The van der Waals surface area contributed by atoms with Gasteiger partial charge < -0.3 is 0 Å². The van der Waals surface area contributed by atoms with Gasteiger partial charge in [0.2, 0.25) is 0 Å². The lowest BCUT2D eigenvalue weighted by Crippen LogP contribution is -2.12. The predicted molar refractivity (Wildman–Crippen MR) is 28.6 cm³/mol. The Hall–Kier alpha value is 0.440. The Morgan fingerprint density at radius 3 is 1.83 bits per heavy atom. The molecule has 0 rings (SSSR count). The molecule has 0 aliphatic heterocycles. The minimum atomic E-state index is -0.201. The number of hydrogen-bond donors (Lipinski definition) is 0. The Kier molecular flexibility index (Phi) is 2.08. The van der Waals surface area contributed by atoms with Crippen LogP contribution in [0.4, 0.5) is 0 Å². The van der Waals surface area contributed by atoms with E-state index < -0.39 is 0 Å². The minimum Gasteiger partial charge on any atom is -0.235 e. The van der Waals surface area contributed by atoms with Gasteiger partial charge in [0.1, 0.15) is 0 Å². The highest BCUT2D eigenvalue weighted by Gasteiger charge is 2.09. The van der Waals surface area contributed by atoms with Crippen LogP contribution in [0.15, 0.2) is 0 Å². The van der Waals surface area contributed by atoms with Crippen molar-refractivity contribution in [1.82, 2.24) is 0 Å². The Labute approximate surface area is 46.5 Å². The normalized spacial score (nSPS) is 12.0. The average molecular weight is 152 g/mol. The third-order valence-electron chi connectivity index (χ3n) is 0.343. The fraction of sp³-hybridized carbons (Fsp3) is 1.00. The third-order valence-corrected chi connectivity index (χ3v) is 0.572. The molecule has 0 amide bonds. The molecule has 0 saturated carbocycles. The maximum atomic E-state index is 9.90. The van der Waals surface area contributed by atoms with Crippen molar-refractivity contribution < 1.29 is 5.11 Å². The molecule has 0 N–H and O–H groups in total. The van der Waals surface area contributed by atoms with Crippen molar-refractivity contribution in [2.24, 2.45) is 0 Å². The lowest BCUT2D eigenvalue weighted by atomic mass is 10.2. The summed E-state index contributed by atoms with van der Waals surface area (Å²) in [6, 6.07) is 0. The van der Waals surface area contributed by atoms with Crippen LogP contribution in [0, 0.1) is 0 Å². The van der Waals surface area contributed by atoms with Crippen molar-refractivity contribution in [2.75, 3.05) is 6.61 Å². The molecular weight excluding hydrogens is 144 g/mol. The maximum Gasteiger partial charge on any atom is 0.0970 e. The van der Waals surface area contributed by atoms with Crippen molar-refractivity contribution in [3.05, 3.63) is 0 Å². The standard InChI is InChI=1S/C4H8BrO/c1-4(2,5)3-6/h3H2,1-2H3. The van der Waals surface area contributed by atoms with E-state index in [1.54, 1.807) is 0 Å². The fourth-order valence-corrected chi connectivity index (χ4v) is 0. The van der Waals surface area contributed by atoms with Crippen LogP contribution in [0.25, 0.3) is 0 Å². The topological polar surface area (TPSA) is 19.9 Å². The molecule has 0 aromatic rings. The van der Waals surface area contributed by atoms with Crippen LogP contribution < -0.4 is 0 Å². The van der Waals surface area contributed by atoms with Gasteiger partial charge in [-0.25, -0.2) is 5.11 Å². The molecule has 6 heavy (non-hydrogen) atoms. The zero-order chi connectivity index (χ0) is 5.21. The summed E-state index contributed by atoms with van der Waals surface area (Å²) in [6.07, 6.45) is 0. The number of alkyl halides is 1. The van der Waals surface area contributed by atoms with Gasteiger partial charge in [0.15, 0.2) is 0 Å². The first kappa shape index (κ1) is 6.44. The van der Waals surface area contributed by atoms with E-state index >= 15 is 0 Å². The zero-order valence-electron chi connectivity index (χ0n) is 3.99. The summed E-state index contributed by atoms with van der Waals surface area (Å²) in [4.78, 5) is 0. The van der Waals surface area contributed by atoms with E-state index in [1.807, 2.05) is 13.8 Å². The second-order valence-corrected chi connectivity index (χ2v) is 4.01. The molecule has 1 radical (unpaired) electrons. The van der Waals surface area contributed by atoms with Gasteiger partial charge in [-0.2, -0.15) is 0 Å². The van der Waals surface area contributed by atoms with Gasteiger partial charge in [-0.3, -0.25) is 0 Å². The molecule has 0 spiro atoms. The van der Waals surface area contributed by atoms with Crippen LogP contribution in [-0.2, 0) is 5.11 Å². The predicted octanol–water partition coefficient (Wildman–Crippen LogP) is 1.59. The van der Waals surface area contributed by atoms with Gasteiger partial charge >= 0.3 is 0 Å². The summed E-state index contributed by atoms with van der Waals surface area (Å²) in [6.45, 7) is 3.63. The fourth-order valence-electron chi connectivity index (χ4n) is 0. The highest BCUT2D eigenvalue weighted by atomic mass is 79.9. The van der Waals surface area contributed by atoms with Crippen molar-refractivity contribution >= 4 is 15.9 Å². The van der Waals surface area contributed by atoms with Gasteiger partial charge in [-0.05, 0) is 13.8 Å². The Bertz CT molecular complexity index is 37.3. The van der Waals surface area contributed by atoms with Crippen LogP contribution in [-0.4, -0.2) is 10.9 Å². The number of halogens is 1. The van der Waals surface area contributed by atoms with E-state index in [0.717, 1.165) is 0 Å². The highest BCUT2D eigenvalue weighted by molar-refractivity contribution is 9.10. The van der Waals surface area contributed by atoms with Gasteiger partial charge in [0, 0.05) is 4.32 Å². The lowest BCUT2D eigenvalue weighted by molar-refractivity contribution is 0.174. The van der Waals surface area contributed by atoms with Crippen molar-refractivity contribution in [3.63, 3.8) is 0 Å². The summed E-state index contributed by atoms with van der Waals surface area (Å²) in [5.74, 6) is 0. The van der Waals surface area contributed by atoms with Crippen LogP contribution in [0.1, 0.15) is 13.8 Å². The summed E-state index contributed by atoms with van der Waals surface area (Å²) in [5.41, 5.74) is 0. The molecule has 0 unspecified atom stereocenters. The van der Waals surface area contributed by atoms with E-state index in [9.17, 15) is 5.11 Å². The molecule has 0 atom stereocenters. The van der Waals surface area contributed by atoms with Gasteiger partial charge in [0.05, 0.1) is 6.61 Å². The van der Waals surface area contributed by atoms with E-state index in [4.69, 9.17) is 0 Å². The first-order valence-electron chi connectivity index (χ1n) is 1.83. The Morgan fingerprint density at radius 2 is 1.83 bits per heavy atom. The van der Waals surface area contributed by atoms with Gasteiger partial charge in [-0.1, -0.05) is 15.9 Å². The first-order chi connectivity index (χ1) is 2.56. The van der Waals surface area contributed by atoms with Crippen molar-refractivity contribution in [1.29, 1.82) is 0 Å². The van der Waals surface area contributed by atoms with Crippen LogP contribution in [0.2, 0.25) is 0 Å². The molecule has 0 aromatic heterocycles. The van der Waals surface area contributed by atoms with Crippen molar-refractivity contribution in [2.45, 2.75) is 18.2 Å². The molecule has 0 saturated heterocycles. The first-order valence-corrected chi connectivity index (χ1v) is 2.62. The SMILES string of the molecule is CC(C)(Br)C[O]. The Morgan fingerprint density at radius 1 is 1.67 bits per heavy atom. The molecular formula is C4H8BrO. The summed E-state index contributed by atoms with van der Waals surface area (Å²) in [5, 5.41) is 9.90. The largest absolute Gasteiger partial charge is 0.235 e.